The summed E-state index contributed by atoms with van der Waals surface area (Å²) in [6, 6.07) is 5.85. The third-order valence-electron chi connectivity index (χ3n) is 2.74. The number of aromatic nitrogens is 2. The predicted octanol–water partition coefficient (Wildman–Crippen LogP) is 2.04. The summed E-state index contributed by atoms with van der Waals surface area (Å²) in [5, 5.41) is 3.92. The topological polar surface area (TPSA) is 64.0 Å². The molecule has 0 aliphatic heterocycles. The number of para-hydroxylation sites is 1. The first-order valence-electron chi connectivity index (χ1n) is 6.25. The lowest BCUT2D eigenvalue weighted by molar-refractivity contribution is 0.571. The van der Waals surface area contributed by atoms with Gasteiger partial charge in [-0.3, -0.25) is 0 Å². The van der Waals surface area contributed by atoms with Gasteiger partial charge in [0.05, 0.1) is 12.4 Å². The van der Waals surface area contributed by atoms with Crippen LogP contribution in [0.15, 0.2) is 41.6 Å². The Hall–Kier alpha value is -1.38. The summed E-state index contributed by atoms with van der Waals surface area (Å²) >= 11 is 1.55. The second-order valence-corrected chi connectivity index (χ2v) is 7.17. The molecule has 2 rings (SSSR count). The van der Waals surface area contributed by atoms with Crippen molar-refractivity contribution in [3.63, 3.8) is 0 Å². The van der Waals surface area contributed by atoms with Gasteiger partial charge in [0, 0.05) is 11.8 Å². The molecule has 1 aromatic heterocycles. The highest BCUT2D eigenvalue weighted by Crippen LogP contribution is 2.15. The monoisotopic (exact) mass is 329 g/mol. The SMILES string of the molecule is CSC[C@H](C)NS(=O)(=O)c1cnn(-c2ccccc2F)c1. The molecule has 114 valence electrons. The van der Waals surface area contributed by atoms with Crippen LogP contribution >= 0.6 is 11.8 Å². The van der Waals surface area contributed by atoms with E-state index in [0.717, 1.165) is 0 Å². The molecule has 0 saturated carbocycles. The molecule has 1 aromatic carbocycles. The fraction of sp³-hybridized carbons (Fsp3) is 0.308. The Morgan fingerprint density at radius 2 is 2.14 bits per heavy atom. The van der Waals surface area contributed by atoms with E-state index in [1.807, 2.05) is 6.26 Å². The largest absolute Gasteiger partial charge is 0.243 e. The maximum Gasteiger partial charge on any atom is 0.243 e. The lowest BCUT2D eigenvalue weighted by atomic mass is 10.3. The van der Waals surface area contributed by atoms with Crippen LogP contribution in [-0.4, -0.2) is 36.2 Å². The number of thioether (sulfide) groups is 1. The maximum atomic E-state index is 13.7. The summed E-state index contributed by atoms with van der Waals surface area (Å²) in [5.41, 5.74) is 0.205. The van der Waals surface area contributed by atoms with Crippen molar-refractivity contribution in [2.45, 2.75) is 17.9 Å². The van der Waals surface area contributed by atoms with Gasteiger partial charge in [-0.05, 0) is 25.3 Å². The highest BCUT2D eigenvalue weighted by molar-refractivity contribution is 7.98. The molecule has 2 aromatic rings. The average Bonchev–Trinajstić information content (AvgIpc) is 2.89. The molecule has 0 aliphatic rings. The van der Waals surface area contributed by atoms with Gasteiger partial charge in [0.15, 0.2) is 0 Å². The first kappa shape index (κ1) is 16.0. The predicted molar refractivity (Wildman–Crippen MR) is 81.7 cm³/mol. The van der Waals surface area contributed by atoms with Gasteiger partial charge in [-0.15, -0.1) is 0 Å². The van der Waals surface area contributed by atoms with Crippen molar-refractivity contribution in [2.24, 2.45) is 0 Å². The maximum absolute atomic E-state index is 13.7. The highest BCUT2D eigenvalue weighted by atomic mass is 32.2. The van der Waals surface area contributed by atoms with Crippen LogP contribution in [0.1, 0.15) is 6.92 Å². The molecule has 0 unspecified atom stereocenters. The van der Waals surface area contributed by atoms with E-state index in [1.54, 1.807) is 30.8 Å². The van der Waals surface area contributed by atoms with E-state index in [0.29, 0.717) is 5.75 Å². The van der Waals surface area contributed by atoms with Crippen molar-refractivity contribution >= 4 is 21.8 Å². The molecule has 21 heavy (non-hydrogen) atoms. The Kier molecular flexibility index (Phi) is 5.02. The average molecular weight is 329 g/mol. The summed E-state index contributed by atoms with van der Waals surface area (Å²) < 4.78 is 41.8. The third kappa shape index (κ3) is 3.84. The van der Waals surface area contributed by atoms with E-state index in [-0.39, 0.29) is 16.6 Å². The van der Waals surface area contributed by atoms with Crippen molar-refractivity contribution < 1.29 is 12.8 Å². The van der Waals surface area contributed by atoms with E-state index in [9.17, 15) is 12.8 Å². The molecule has 1 heterocycles. The molecule has 0 fully saturated rings. The summed E-state index contributed by atoms with van der Waals surface area (Å²) in [7, 11) is -3.65. The van der Waals surface area contributed by atoms with E-state index in [4.69, 9.17) is 0 Å². The standard InChI is InChI=1S/C13H16FN3O2S2/c1-10(9-20-2)16-21(18,19)11-7-15-17(8-11)13-6-4-3-5-12(13)14/h3-8,10,16H,9H2,1-2H3/t10-/m0/s1. The summed E-state index contributed by atoms with van der Waals surface area (Å²) in [4.78, 5) is 0.0127. The first-order valence-corrected chi connectivity index (χ1v) is 9.12. The number of benzene rings is 1. The molecular formula is C13H16FN3O2S2. The fourth-order valence-electron chi connectivity index (χ4n) is 1.83. The molecule has 0 radical (unpaired) electrons. The van der Waals surface area contributed by atoms with Crippen molar-refractivity contribution in [3.05, 3.63) is 42.5 Å². The fourth-order valence-corrected chi connectivity index (χ4v) is 3.69. The number of nitrogens with one attached hydrogen (secondary N) is 1. The lowest BCUT2D eigenvalue weighted by Crippen LogP contribution is -2.34. The summed E-state index contributed by atoms with van der Waals surface area (Å²) in [5.74, 6) is 0.203. The Morgan fingerprint density at radius 3 is 2.81 bits per heavy atom. The van der Waals surface area contributed by atoms with Gasteiger partial charge >= 0.3 is 0 Å². The van der Waals surface area contributed by atoms with Crippen molar-refractivity contribution in [2.75, 3.05) is 12.0 Å². The van der Waals surface area contributed by atoms with E-state index >= 15 is 0 Å². The smallest absolute Gasteiger partial charge is 0.237 e. The van der Waals surface area contributed by atoms with Gasteiger partial charge in [0.1, 0.15) is 16.4 Å². The van der Waals surface area contributed by atoms with Gasteiger partial charge in [0.25, 0.3) is 0 Å². The van der Waals surface area contributed by atoms with Crippen LogP contribution < -0.4 is 4.72 Å². The molecule has 0 spiro atoms. The quantitative estimate of drug-likeness (QED) is 0.881. The van der Waals surface area contributed by atoms with Crippen molar-refractivity contribution in [3.8, 4) is 5.69 Å². The van der Waals surface area contributed by atoms with E-state index in [1.165, 1.54) is 29.2 Å². The van der Waals surface area contributed by atoms with Gasteiger partial charge in [0.2, 0.25) is 10.0 Å². The Balaban J connectivity index is 2.26. The zero-order valence-electron chi connectivity index (χ0n) is 11.7. The summed E-state index contributed by atoms with van der Waals surface area (Å²) in [6.45, 7) is 1.79. The molecule has 0 saturated heterocycles. The molecular weight excluding hydrogens is 313 g/mol. The van der Waals surface area contributed by atoms with E-state index < -0.39 is 15.8 Å². The minimum atomic E-state index is -3.65. The number of halogens is 1. The number of sulfonamides is 1. The van der Waals surface area contributed by atoms with Crippen LogP contribution in [0.4, 0.5) is 4.39 Å². The minimum absolute atomic E-state index is 0.0127. The van der Waals surface area contributed by atoms with Crippen LogP contribution in [0.25, 0.3) is 5.69 Å². The van der Waals surface area contributed by atoms with Crippen LogP contribution in [0.2, 0.25) is 0 Å². The number of hydrogen-bond acceptors (Lipinski definition) is 4. The first-order chi connectivity index (χ1) is 9.94. The van der Waals surface area contributed by atoms with Gasteiger partial charge in [-0.2, -0.15) is 16.9 Å². The molecule has 5 nitrogen and oxygen atoms in total. The normalized spacial score (nSPS) is 13.3. The number of nitrogens with zero attached hydrogens (tertiary/aromatic N) is 2. The summed E-state index contributed by atoms with van der Waals surface area (Å²) in [6.07, 6.45) is 4.41. The number of rotatable bonds is 6. The molecule has 8 heteroatoms. The number of hydrogen-bond donors (Lipinski definition) is 1. The zero-order chi connectivity index (χ0) is 15.5. The lowest BCUT2D eigenvalue weighted by Gasteiger charge is -2.11. The molecule has 0 bridgehead atoms. The second-order valence-electron chi connectivity index (χ2n) is 4.55. The zero-order valence-corrected chi connectivity index (χ0v) is 13.3. The van der Waals surface area contributed by atoms with Crippen LogP contribution in [-0.2, 0) is 10.0 Å². The minimum Gasteiger partial charge on any atom is -0.237 e. The molecule has 1 N–H and O–H groups in total. The highest BCUT2D eigenvalue weighted by Gasteiger charge is 2.19. The Morgan fingerprint density at radius 1 is 1.43 bits per heavy atom. The third-order valence-corrected chi connectivity index (χ3v) is 5.12. The van der Waals surface area contributed by atoms with Crippen molar-refractivity contribution in [1.82, 2.24) is 14.5 Å². The molecule has 1 atom stereocenters. The Bertz CT molecular complexity index is 716. The van der Waals surface area contributed by atoms with Crippen LogP contribution in [0.3, 0.4) is 0 Å². The van der Waals surface area contributed by atoms with Gasteiger partial charge in [-0.25, -0.2) is 22.2 Å². The van der Waals surface area contributed by atoms with Crippen LogP contribution in [0, 0.1) is 5.82 Å². The van der Waals surface area contributed by atoms with E-state index in [2.05, 4.69) is 9.82 Å². The molecule has 0 aliphatic carbocycles. The molecule has 0 amide bonds. The van der Waals surface area contributed by atoms with Gasteiger partial charge in [-0.1, -0.05) is 12.1 Å². The van der Waals surface area contributed by atoms with Crippen molar-refractivity contribution in [1.29, 1.82) is 0 Å². The Labute approximate surface area is 127 Å². The van der Waals surface area contributed by atoms with Gasteiger partial charge < -0.3 is 0 Å². The second kappa shape index (κ2) is 6.59. The van der Waals surface area contributed by atoms with Crippen LogP contribution in [0.5, 0.6) is 0 Å².